The minimum Gasteiger partial charge on any atom is -0.478 e. The molecule has 26 heavy (non-hydrogen) atoms. The molecule has 0 radical (unpaired) electrons. The Hall–Kier alpha value is -2.66. The Morgan fingerprint density at radius 2 is 1.58 bits per heavy atom. The van der Waals surface area contributed by atoms with Gasteiger partial charge in [-0.2, -0.15) is 0 Å². The van der Waals surface area contributed by atoms with E-state index >= 15 is 0 Å². The molecule has 5 nitrogen and oxygen atoms in total. The quantitative estimate of drug-likeness (QED) is 0.864. The molecule has 2 aromatic carbocycles. The summed E-state index contributed by atoms with van der Waals surface area (Å²) >= 11 is 0. The van der Waals surface area contributed by atoms with Crippen LogP contribution >= 0.6 is 0 Å². The zero-order chi connectivity index (χ0) is 18.4. The van der Waals surface area contributed by atoms with Crippen LogP contribution in [0.2, 0.25) is 0 Å². The van der Waals surface area contributed by atoms with E-state index in [9.17, 15) is 9.59 Å². The first kappa shape index (κ1) is 18.1. The second-order valence-corrected chi connectivity index (χ2v) is 6.61. The van der Waals surface area contributed by atoms with Crippen molar-refractivity contribution in [1.82, 2.24) is 4.90 Å². The van der Waals surface area contributed by atoms with E-state index in [0.29, 0.717) is 24.6 Å². The molecular formula is C21H23NO4. The standard InChI is InChI=1S/C21H23NO4/c23-20(18-6-8-19(9-7-18)21(24)25)22(14-16-4-2-1-3-5-16)15-17-10-12-26-13-11-17/h1-9,17H,10-15H2,(H,24,25). The average molecular weight is 353 g/mol. The van der Waals surface area contributed by atoms with Crippen LogP contribution in [0.25, 0.3) is 0 Å². The monoisotopic (exact) mass is 353 g/mol. The van der Waals surface area contributed by atoms with Crippen LogP contribution in [0.15, 0.2) is 54.6 Å². The fraction of sp³-hybridized carbons (Fsp3) is 0.333. The Bertz CT molecular complexity index is 736. The first-order chi connectivity index (χ1) is 12.6. The smallest absolute Gasteiger partial charge is 0.335 e. The Balaban J connectivity index is 1.78. The van der Waals surface area contributed by atoms with Crippen LogP contribution < -0.4 is 0 Å². The first-order valence-electron chi connectivity index (χ1n) is 8.88. The summed E-state index contributed by atoms with van der Waals surface area (Å²) in [5, 5.41) is 9.03. The number of ether oxygens (including phenoxy) is 1. The molecule has 0 atom stereocenters. The van der Waals surface area contributed by atoms with Crippen LogP contribution in [0.3, 0.4) is 0 Å². The topological polar surface area (TPSA) is 66.8 Å². The molecule has 1 fully saturated rings. The van der Waals surface area contributed by atoms with Crippen molar-refractivity contribution in [3.05, 3.63) is 71.3 Å². The molecule has 1 N–H and O–H groups in total. The predicted molar refractivity (Wildman–Crippen MR) is 98.1 cm³/mol. The molecule has 0 bridgehead atoms. The van der Waals surface area contributed by atoms with Crippen LogP contribution in [0, 0.1) is 5.92 Å². The maximum absolute atomic E-state index is 13.1. The molecule has 0 spiro atoms. The molecule has 1 saturated heterocycles. The Morgan fingerprint density at radius 1 is 0.962 bits per heavy atom. The van der Waals surface area contributed by atoms with Crippen molar-refractivity contribution in [3.63, 3.8) is 0 Å². The zero-order valence-corrected chi connectivity index (χ0v) is 14.6. The number of hydrogen-bond donors (Lipinski definition) is 1. The number of hydrogen-bond acceptors (Lipinski definition) is 3. The summed E-state index contributed by atoms with van der Waals surface area (Å²) in [6.07, 6.45) is 1.91. The highest BCUT2D eigenvalue weighted by Gasteiger charge is 2.22. The second kappa shape index (κ2) is 8.63. The molecule has 2 aromatic rings. The molecule has 1 aliphatic heterocycles. The van der Waals surface area contributed by atoms with Gasteiger partial charge < -0.3 is 14.7 Å². The minimum atomic E-state index is -0.993. The highest BCUT2D eigenvalue weighted by atomic mass is 16.5. The fourth-order valence-corrected chi connectivity index (χ4v) is 3.20. The maximum Gasteiger partial charge on any atom is 0.335 e. The van der Waals surface area contributed by atoms with E-state index in [0.717, 1.165) is 31.6 Å². The lowest BCUT2D eigenvalue weighted by molar-refractivity contribution is 0.0445. The molecule has 1 amide bonds. The number of nitrogens with zero attached hydrogens (tertiary/aromatic N) is 1. The van der Waals surface area contributed by atoms with Gasteiger partial charge in [-0.25, -0.2) is 4.79 Å². The van der Waals surface area contributed by atoms with Gasteiger partial charge in [-0.05, 0) is 48.6 Å². The summed E-state index contributed by atoms with van der Waals surface area (Å²) in [5.74, 6) is -0.640. The van der Waals surface area contributed by atoms with Crippen molar-refractivity contribution in [2.75, 3.05) is 19.8 Å². The first-order valence-corrected chi connectivity index (χ1v) is 8.88. The van der Waals surface area contributed by atoms with Crippen molar-refractivity contribution < 1.29 is 19.4 Å². The second-order valence-electron chi connectivity index (χ2n) is 6.61. The number of carbonyl (C=O) groups is 2. The van der Waals surface area contributed by atoms with Crippen molar-refractivity contribution in [2.45, 2.75) is 19.4 Å². The Morgan fingerprint density at radius 3 is 2.19 bits per heavy atom. The van der Waals surface area contributed by atoms with Gasteiger partial charge in [0.15, 0.2) is 0 Å². The van der Waals surface area contributed by atoms with Crippen molar-refractivity contribution in [3.8, 4) is 0 Å². The molecule has 136 valence electrons. The normalized spacial score (nSPS) is 14.8. The van der Waals surface area contributed by atoms with Crippen LogP contribution in [-0.2, 0) is 11.3 Å². The van der Waals surface area contributed by atoms with Gasteiger partial charge in [0.25, 0.3) is 5.91 Å². The van der Waals surface area contributed by atoms with Gasteiger partial charge in [-0.1, -0.05) is 30.3 Å². The van der Waals surface area contributed by atoms with Crippen LogP contribution in [-0.4, -0.2) is 41.6 Å². The van der Waals surface area contributed by atoms with E-state index in [2.05, 4.69) is 0 Å². The summed E-state index contributed by atoms with van der Waals surface area (Å²) < 4.78 is 5.42. The van der Waals surface area contributed by atoms with Crippen molar-refractivity contribution in [2.24, 2.45) is 5.92 Å². The third-order valence-corrected chi connectivity index (χ3v) is 4.70. The van der Waals surface area contributed by atoms with Gasteiger partial charge in [-0.3, -0.25) is 4.79 Å². The Labute approximate surface area is 153 Å². The van der Waals surface area contributed by atoms with Crippen LogP contribution in [0.1, 0.15) is 39.1 Å². The van der Waals surface area contributed by atoms with Gasteiger partial charge in [0.1, 0.15) is 0 Å². The summed E-state index contributed by atoms with van der Waals surface area (Å²) in [7, 11) is 0. The van der Waals surface area contributed by atoms with E-state index in [4.69, 9.17) is 9.84 Å². The summed E-state index contributed by atoms with van der Waals surface area (Å²) in [4.78, 5) is 25.9. The zero-order valence-electron chi connectivity index (χ0n) is 14.6. The maximum atomic E-state index is 13.1. The minimum absolute atomic E-state index is 0.0720. The third-order valence-electron chi connectivity index (χ3n) is 4.70. The van der Waals surface area contributed by atoms with Gasteiger partial charge in [-0.15, -0.1) is 0 Å². The van der Waals surface area contributed by atoms with Gasteiger partial charge in [0.05, 0.1) is 5.56 Å². The van der Waals surface area contributed by atoms with E-state index in [1.54, 1.807) is 12.1 Å². The average Bonchev–Trinajstić information content (AvgIpc) is 2.68. The van der Waals surface area contributed by atoms with Crippen molar-refractivity contribution in [1.29, 1.82) is 0 Å². The summed E-state index contributed by atoms with van der Waals surface area (Å²) in [5.41, 5.74) is 1.77. The molecule has 5 heteroatoms. The molecule has 0 aromatic heterocycles. The van der Waals surface area contributed by atoms with Crippen LogP contribution in [0.4, 0.5) is 0 Å². The third kappa shape index (κ3) is 4.70. The molecule has 0 aliphatic carbocycles. The van der Waals surface area contributed by atoms with Gasteiger partial charge in [0.2, 0.25) is 0 Å². The van der Waals surface area contributed by atoms with E-state index in [-0.39, 0.29) is 11.5 Å². The van der Waals surface area contributed by atoms with Crippen LogP contribution in [0.5, 0.6) is 0 Å². The number of aromatic carboxylic acids is 1. The molecule has 3 rings (SSSR count). The van der Waals surface area contributed by atoms with Gasteiger partial charge in [0, 0.05) is 31.9 Å². The largest absolute Gasteiger partial charge is 0.478 e. The number of benzene rings is 2. The van der Waals surface area contributed by atoms with Crippen molar-refractivity contribution >= 4 is 11.9 Å². The van der Waals surface area contributed by atoms with E-state index in [1.165, 1.54) is 12.1 Å². The lowest BCUT2D eigenvalue weighted by Crippen LogP contribution is -2.36. The lowest BCUT2D eigenvalue weighted by Gasteiger charge is -2.30. The molecule has 1 aliphatic rings. The molecule has 0 unspecified atom stereocenters. The van der Waals surface area contributed by atoms with E-state index < -0.39 is 5.97 Å². The number of carbonyl (C=O) groups excluding carboxylic acids is 1. The predicted octanol–water partition coefficient (Wildman–Crippen LogP) is 3.45. The lowest BCUT2D eigenvalue weighted by atomic mass is 9.98. The number of rotatable bonds is 6. The highest BCUT2D eigenvalue weighted by Crippen LogP contribution is 2.19. The number of amides is 1. The van der Waals surface area contributed by atoms with E-state index in [1.807, 2.05) is 35.2 Å². The fourth-order valence-electron chi connectivity index (χ4n) is 3.20. The molecular weight excluding hydrogens is 330 g/mol. The summed E-state index contributed by atoms with van der Waals surface area (Å²) in [6.45, 7) is 2.70. The number of carboxylic acids is 1. The molecule has 1 heterocycles. The summed E-state index contributed by atoms with van der Waals surface area (Å²) in [6, 6.07) is 16.0. The molecule has 0 saturated carbocycles. The SMILES string of the molecule is O=C(O)c1ccc(C(=O)N(Cc2ccccc2)CC2CCOCC2)cc1. The van der Waals surface area contributed by atoms with Gasteiger partial charge >= 0.3 is 5.97 Å². The number of carboxylic acid groups (broad SMARTS) is 1. The Kier molecular flexibility index (Phi) is 6.02. The highest BCUT2D eigenvalue weighted by molar-refractivity contribution is 5.95.